The quantitative estimate of drug-likeness (QED) is 0.122. The number of carbonyl (C=O) groups excluding carboxylic acids is 4. The smallest absolute Gasteiger partial charge is 0.329 e. The van der Waals surface area contributed by atoms with Gasteiger partial charge in [-0.25, -0.2) is 4.79 Å². The summed E-state index contributed by atoms with van der Waals surface area (Å²) >= 11 is 0. The summed E-state index contributed by atoms with van der Waals surface area (Å²) in [5, 5.41) is 34.5. The summed E-state index contributed by atoms with van der Waals surface area (Å²) < 4.78 is 30.3. The van der Waals surface area contributed by atoms with Crippen LogP contribution in [0.4, 0.5) is 0 Å². The monoisotopic (exact) mass is 832 g/mol. The van der Waals surface area contributed by atoms with Gasteiger partial charge in [0.2, 0.25) is 5.79 Å². The summed E-state index contributed by atoms with van der Waals surface area (Å²) in [6, 6.07) is -1.14. The second kappa shape index (κ2) is 21.7. The van der Waals surface area contributed by atoms with Crippen molar-refractivity contribution in [2.24, 2.45) is 29.6 Å². The highest BCUT2D eigenvalue weighted by molar-refractivity contribution is 6.39. The normalized spacial score (nSPS) is 40.3. The predicted octanol–water partition coefficient (Wildman–Crippen LogP) is 5.77. The number of hydrogen-bond donors (Lipinski definition) is 3. The molecule has 0 radical (unpaired) electrons. The number of esters is 1. The average molecular weight is 832 g/mol. The van der Waals surface area contributed by atoms with Crippen LogP contribution in [0.2, 0.25) is 0 Å². The summed E-state index contributed by atoms with van der Waals surface area (Å²) in [5.74, 6) is -6.88. The van der Waals surface area contributed by atoms with E-state index in [1.807, 2.05) is 52.8 Å². The Morgan fingerprint density at radius 3 is 2.25 bits per heavy atom. The zero-order valence-corrected chi connectivity index (χ0v) is 37.2. The Labute approximate surface area is 351 Å². The van der Waals surface area contributed by atoms with Crippen LogP contribution in [0.5, 0.6) is 0 Å². The molecule has 0 spiro atoms. The maximum absolute atomic E-state index is 14.4. The lowest BCUT2D eigenvalue weighted by Gasteiger charge is -2.47. The third kappa shape index (κ3) is 11.9. The first kappa shape index (κ1) is 48.7. The number of ether oxygens (including phenoxy) is 5. The summed E-state index contributed by atoms with van der Waals surface area (Å²) in [4.78, 5) is 58.0. The molecule has 0 aromatic rings. The van der Waals surface area contributed by atoms with Crippen molar-refractivity contribution in [2.45, 2.75) is 181 Å². The van der Waals surface area contributed by atoms with E-state index in [0.717, 1.165) is 5.57 Å². The van der Waals surface area contributed by atoms with Crippen LogP contribution in [0.15, 0.2) is 35.1 Å². The van der Waals surface area contributed by atoms with Gasteiger partial charge in [-0.2, -0.15) is 0 Å². The Morgan fingerprint density at radius 1 is 0.932 bits per heavy atom. The maximum Gasteiger partial charge on any atom is 0.329 e. The first-order chi connectivity index (χ1) is 27.9. The number of carbonyl (C=O) groups is 4. The van der Waals surface area contributed by atoms with Crippen LogP contribution in [0, 0.1) is 29.6 Å². The van der Waals surface area contributed by atoms with Gasteiger partial charge in [0, 0.05) is 44.9 Å². The van der Waals surface area contributed by atoms with E-state index in [1.165, 1.54) is 19.1 Å². The first-order valence-corrected chi connectivity index (χ1v) is 21.9. The third-order valence-electron chi connectivity index (χ3n) is 13.3. The molecule has 3 N–H and O–H groups in total. The van der Waals surface area contributed by atoms with Gasteiger partial charge in [-0.05, 0) is 115 Å². The minimum atomic E-state index is -2.51. The van der Waals surface area contributed by atoms with Crippen LogP contribution >= 0.6 is 0 Å². The van der Waals surface area contributed by atoms with Gasteiger partial charge in [-0.1, -0.05) is 45.4 Å². The molecule has 4 rings (SSSR count). The summed E-state index contributed by atoms with van der Waals surface area (Å²) in [5.41, 5.74) is 1.65. The lowest BCUT2D eigenvalue weighted by molar-refractivity contribution is -0.302. The number of fused-ring (bicyclic) bond motifs is 3. The van der Waals surface area contributed by atoms with Gasteiger partial charge >= 0.3 is 5.97 Å². The molecule has 334 valence electrons. The molecule has 14 unspecified atom stereocenters. The molecule has 13 heteroatoms. The van der Waals surface area contributed by atoms with Gasteiger partial charge in [0.05, 0.1) is 30.2 Å². The summed E-state index contributed by atoms with van der Waals surface area (Å²) in [6.45, 7) is 15.0. The fourth-order valence-electron chi connectivity index (χ4n) is 9.57. The highest BCUT2D eigenvalue weighted by Gasteiger charge is 2.56. The van der Waals surface area contributed by atoms with Crippen LogP contribution in [0.25, 0.3) is 0 Å². The van der Waals surface area contributed by atoms with E-state index in [1.54, 1.807) is 13.8 Å². The van der Waals surface area contributed by atoms with Gasteiger partial charge in [-0.15, -0.1) is 0 Å². The minimum Gasteiger partial charge on any atom is -0.493 e. The zero-order valence-electron chi connectivity index (χ0n) is 37.2. The molecule has 3 aliphatic heterocycles. The Bertz CT molecular complexity index is 1560. The van der Waals surface area contributed by atoms with Crippen molar-refractivity contribution in [3.63, 3.8) is 0 Å². The maximum atomic E-state index is 14.4. The number of allylic oxidation sites excluding steroid dienone is 5. The standard InChI is InChI=1S/C46H73NO12/c1-11-30(7)57-38-24-32(16-17-35(38)48)22-28(5)41-31(8)36(49)25-37(50)33(12-2)20-26(3)19-27(4)21-39(55-9)42-40(56-10)23-29(6)46(54,59-42)43(51)44(52)47-18-14-13-15-34(47)45(53)58-41/h11,20,22,27,29,31-36,38-42,48-49,54H,12-19,21,23-25H2,1-10H3/b26-20+,28-22?,30-11?. The van der Waals surface area contributed by atoms with Crippen LogP contribution in [0.1, 0.15) is 126 Å². The lowest BCUT2D eigenvalue weighted by atomic mass is 9.81. The summed E-state index contributed by atoms with van der Waals surface area (Å²) in [7, 11) is 3.07. The van der Waals surface area contributed by atoms with Crippen molar-refractivity contribution in [2.75, 3.05) is 20.8 Å². The Balaban J connectivity index is 1.76. The number of nitrogens with zero attached hydrogens (tertiary/aromatic N) is 1. The van der Waals surface area contributed by atoms with E-state index in [2.05, 4.69) is 6.92 Å². The van der Waals surface area contributed by atoms with E-state index < -0.39 is 90.0 Å². The van der Waals surface area contributed by atoms with Crippen molar-refractivity contribution in [1.29, 1.82) is 0 Å². The van der Waals surface area contributed by atoms with Crippen molar-refractivity contribution in [3.8, 4) is 0 Å². The van der Waals surface area contributed by atoms with Gasteiger partial charge in [-0.3, -0.25) is 14.4 Å². The Hall–Kier alpha value is -2.94. The van der Waals surface area contributed by atoms with E-state index in [-0.39, 0.29) is 43.4 Å². The zero-order chi connectivity index (χ0) is 43.8. The highest BCUT2D eigenvalue weighted by atomic mass is 16.7. The van der Waals surface area contributed by atoms with Gasteiger partial charge in [0.15, 0.2) is 0 Å². The van der Waals surface area contributed by atoms with Crippen LogP contribution in [-0.2, 0) is 42.9 Å². The SMILES string of the molecule is CC=C(C)OC1CC(C=C(C)C2OC(=O)C3CCCCN3C(=O)C(=O)C3(O)OC(C(OC)CC(C)C/C(C)=C/C(CC)C(=O)CC(O)C2C)C(OC)CC3C)CCC1O. The van der Waals surface area contributed by atoms with Crippen LogP contribution in [0.3, 0.4) is 0 Å². The average Bonchev–Trinajstić information content (AvgIpc) is 3.21. The molecule has 59 heavy (non-hydrogen) atoms. The van der Waals surface area contributed by atoms with Gasteiger partial charge in [0.25, 0.3) is 11.7 Å². The Morgan fingerprint density at radius 2 is 1.61 bits per heavy atom. The van der Waals surface area contributed by atoms with Crippen molar-refractivity contribution in [1.82, 2.24) is 4.90 Å². The molecule has 14 atom stereocenters. The van der Waals surface area contributed by atoms with Crippen LogP contribution < -0.4 is 0 Å². The predicted molar refractivity (Wildman–Crippen MR) is 222 cm³/mol. The summed E-state index contributed by atoms with van der Waals surface area (Å²) in [6.07, 6.45) is 5.29. The van der Waals surface area contributed by atoms with Crippen molar-refractivity contribution >= 4 is 23.4 Å². The number of ketones is 2. The van der Waals surface area contributed by atoms with E-state index in [4.69, 9.17) is 23.7 Å². The number of aliphatic hydroxyl groups excluding tert-OH is 2. The largest absolute Gasteiger partial charge is 0.493 e. The fraction of sp³-hybridized carbons (Fsp3) is 0.783. The molecule has 3 heterocycles. The second-order valence-corrected chi connectivity index (χ2v) is 17.9. The number of amides is 1. The van der Waals surface area contributed by atoms with Crippen LogP contribution in [-0.4, -0.2) is 119 Å². The molecule has 3 fully saturated rings. The van der Waals surface area contributed by atoms with E-state index in [0.29, 0.717) is 62.7 Å². The van der Waals surface area contributed by atoms with Crippen molar-refractivity contribution in [3.05, 3.63) is 35.1 Å². The first-order valence-electron chi connectivity index (χ1n) is 21.9. The molecule has 1 saturated carbocycles. The number of Topliss-reactive ketones (excluding diaryl/α,β-unsaturated/α-hetero) is 2. The molecular formula is C46H73NO12. The third-order valence-corrected chi connectivity index (χ3v) is 13.3. The topological polar surface area (TPSA) is 178 Å². The molecule has 1 aliphatic carbocycles. The molecule has 0 aromatic carbocycles. The fourth-order valence-corrected chi connectivity index (χ4v) is 9.57. The van der Waals surface area contributed by atoms with Gasteiger partial charge in [0.1, 0.15) is 30.1 Å². The molecule has 13 nitrogen and oxygen atoms in total. The highest BCUT2D eigenvalue weighted by Crippen LogP contribution is 2.39. The molecule has 2 bridgehead atoms. The lowest BCUT2D eigenvalue weighted by Crippen LogP contribution is -2.64. The number of hydrogen-bond acceptors (Lipinski definition) is 12. The number of aliphatic hydroxyl groups is 3. The molecular weight excluding hydrogens is 759 g/mol. The van der Waals surface area contributed by atoms with E-state index in [9.17, 15) is 34.5 Å². The molecule has 4 aliphatic rings. The van der Waals surface area contributed by atoms with Gasteiger partial charge < -0.3 is 43.9 Å². The molecule has 0 aromatic heterocycles. The Kier molecular flexibility index (Phi) is 17.9. The molecule has 2 saturated heterocycles. The van der Waals surface area contributed by atoms with Crippen molar-refractivity contribution < 1.29 is 58.2 Å². The number of methoxy groups -OCH3 is 2. The number of piperidine rings is 1. The minimum absolute atomic E-state index is 0.0311. The van der Waals surface area contributed by atoms with E-state index >= 15 is 0 Å². The number of cyclic esters (lactones) is 1. The second-order valence-electron chi connectivity index (χ2n) is 17.9. The molecule has 1 amide bonds. The number of rotatable bonds is 7.